The first kappa shape index (κ1) is 17.5. The van der Waals surface area contributed by atoms with Gasteiger partial charge in [0.2, 0.25) is 5.95 Å². The van der Waals surface area contributed by atoms with Crippen molar-refractivity contribution in [2.75, 3.05) is 10.7 Å². The van der Waals surface area contributed by atoms with Crippen LogP contribution in [0.5, 0.6) is 0 Å². The molecular weight excluding hydrogens is 381 g/mol. The number of benzene rings is 2. The largest absolute Gasteiger partial charge is 0.340 e. The van der Waals surface area contributed by atoms with E-state index in [-0.39, 0.29) is 11.1 Å². The molecule has 0 atom stereocenters. The molecule has 1 aromatic heterocycles. The molecule has 0 fully saturated rings. The van der Waals surface area contributed by atoms with Crippen LogP contribution in [0.4, 0.5) is 17.5 Å². The van der Waals surface area contributed by atoms with Gasteiger partial charge in [-0.3, -0.25) is 0 Å². The van der Waals surface area contributed by atoms with Crippen LogP contribution in [-0.4, -0.2) is 16.2 Å². The maximum atomic E-state index is 6.04. The molecule has 2 N–H and O–H groups in total. The monoisotopic (exact) mass is 391 g/mol. The molecule has 0 bridgehead atoms. The number of anilines is 3. The number of nitrogens with one attached hydrogen (secondary N) is 2. The van der Waals surface area contributed by atoms with Crippen LogP contribution in [-0.2, 0) is 0 Å². The third-order valence-corrected chi connectivity index (χ3v) is 3.68. The number of halogens is 3. The Morgan fingerprint density at radius 2 is 1.64 bits per heavy atom. The summed E-state index contributed by atoms with van der Waals surface area (Å²) in [5, 5.41) is 8.74. The Bertz CT molecular complexity index is 914. The topological polar surface area (TPSA) is 62.2 Å². The molecule has 3 rings (SSSR count). The highest BCUT2D eigenvalue weighted by atomic mass is 35.5. The van der Waals surface area contributed by atoms with Crippen molar-refractivity contribution in [2.24, 2.45) is 5.10 Å². The number of rotatable bonds is 5. The van der Waals surface area contributed by atoms with Crippen molar-refractivity contribution >= 4 is 58.5 Å². The normalized spacial score (nSPS) is 10.8. The molecule has 126 valence electrons. The first-order valence-corrected chi connectivity index (χ1v) is 8.34. The van der Waals surface area contributed by atoms with E-state index in [1.807, 2.05) is 24.3 Å². The summed E-state index contributed by atoms with van der Waals surface area (Å²) in [6.45, 7) is 0. The van der Waals surface area contributed by atoms with Crippen LogP contribution in [0.3, 0.4) is 0 Å². The predicted molar refractivity (Wildman–Crippen MR) is 104 cm³/mol. The lowest BCUT2D eigenvalue weighted by Gasteiger charge is -2.07. The highest BCUT2D eigenvalue weighted by Crippen LogP contribution is 2.21. The SMILES string of the molecule is Clc1cccc(/C=N/Nc2nc(Cl)cc(Nc3cccc(Cl)c3)n2)c1. The Morgan fingerprint density at radius 3 is 2.40 bits per heavy atom. The molecule has 25 heavy (non-hydrogen) atoms. The zero-order valence-corrected chi connectivity index (χ0v) is 15.0. The Kier molecular flexibility index (Phi) is 5.71. The molecular formula is C17H12Cl3N5. The van der Waals surface area contributed by atoms with E-state index in [0.717, 1.165) is 11.3 Å². The Hall–Kier alpha value is -2.34. The summed E-state index contributed by atoms with van der Waals surface area (Å²) in [7, 11) is 0. The first-order valence-electron chi connectivity index (χ1n) is 7.20. The lowest BCUT2D eigenvalue weighted by molar-refractivity contribution is 1.12. The summed E-state index contributed by atoms with van der Waals surface area (Å²) in [6.07, 6.45) is 1.61. The second-order valence-electron chi connectivity index (χ2n) is 4.96. The van der Waals surface area contributed by atoms with Gasteiger partial charge in [-0.05, 0) is 35.9 Å². The van der Waals surface area contributed by atoms with E-state index in [9.17, 15) is 0 Å². The van der Waals surface area contributed by atoms with Gasteiger partial charge in [0, 0.05) is 21.8 Å². The van der Waals surface area contributed by atoms with Gasteiger partial charge >= 0.3 is 0 Å². The quantitative estimate of drug-likeness (QED) is 0.336. The molecule has 2 aromatic carbocycles. The molecule has 0 saturated carbocycles. The maximum Gasteiger partial charge on any atom is 0.246 e. The van der Waals surface area contributed by atoms with Gasteiger partial charge in [-0.25, -0.2) is 5.43 Å². The lowest BCUT2D eigenvalue weighted by Crippen LogP contribution is -2.01. The van der Waals surface area contributed by atoms with Crippen LogP contribution in [0.1, 0.15) is 5.56 Å². The molecule has 8 heteroatoms. The lowest BCUT2D eigenvalue weighted by atomic mass is 10.2. The zero-order chi connectivity index (χ0) is 17.6. The van der Waals surface area contributed by atoms with Crippen molar-refractivity contribution in [3.63, 3.8) is 0 Å². The molecule has 0 aliphatic rings. The van der Waals surface area contributed by atoms with E-state index in [1.54, 1.807) is 36.5 Å². The van der Waals surface area contributed by atoms with Gasteiger partial charge in [-0.15, -0.1) is 0 Å². The van der Waals surface area contributed by atoms with Crippen LogP contribution >= 0.6 is 34.8 Å². The minimum absolute atomic E-state index is 0.260. The van der Waals surface area contributed by atoms with Gasteiger partial charge in [0.25, 0.3) is 0 Å². The summed E-state index contributed by atoms with van der Waals surface area (Å²) in [5.41, 5.74) is 4.38. The van der Waals surface area contributed by atoms with Gasteiger partial charge in [0.05, 0.1) is 6.21 Å². The Morgan fingerprint density at radius 1 is 0.880 bits per heavy atom. The van der Waals surface area contributed by atoms with E-state index >= 15 is 0 Å². The molecule has 0 aliphatic heterocycles. The van der Waals surface area contributed by atoms with Gasteiger partial charge in [0.1, 0.15) is 11.0 Å². The van der Waals surface area contributed by atoms with Gasteiger partial charge in [-0.1, -0.05) is 53.0 Å². The third kappa shape index (κ3) is 5.32. The van der Waals surface area contributed by atoms with Crippen LogP contribution in [0, 0.1) is 0 Å². The van der Waals surface area contributed by atoms with Crippen molar-refractivity contribution < 1.29 is 0 Å². The molecule has 3 aromatic rings. The smallest absolute Gasteiger partial charge is 0.246 e. The highest BCUT2D eigenvalue weighted by molar-refractivity contribution is 6.31. The third-order valence-electron chi connectivity index (χ3n) is 3.02. The van der Waals surface area contributed by atoms with Gasteiger partial charge < -0.3 is 5.32 Å². The summed E-state index contributed by atoms with van der Waals surface area (Å²) in [5.74, 6) is 0.776. The average molecular weight is 393 g/mol. The van der Waals surface area contributed by atoms with Crippen LogP contribution in [0.2, 0.25) is 15.2 Å². The predicted octanol–water partition coefficient (Wildman–Crippen LogP) is 5.63. The van der Waals surface area contributed by atoms with Crippen LogP contribution < -0.4 is 10.7 Å². The van der Waals surface area contributed by atoms with Crippen molar-refractivity contribution in [2.45, 2.75) is 0 Å². The maximum absolute atomic E-state index is 6.04. The van der Waals surface area contributed by atoms with Crippen molar-refractivity contribution in [3.05, 3.63) is 75.4 Å². The number of hydrogen-bond donors (Lipinski definition) is 2. The molecule has 0 aliphatic carbocycles. The number of aromatic nitrogens is 2. The molecule has 1 heterocycles. The fourth-order valence-electron chi connectivity index (χ4n) is 2.00. The summed E-state index contributed by atoms with van der Waals surface area (Å²) < 4.78 is 0. The van der Waals surface area contributed by atoms with Crippen LogP contribution in [0.15, 0.2) is 59.7 Å². The standard InChI is InChI=1S/C17H12Cl3N5/c18-12-4-1-3-11(7-12)10-21-25-17-23-15(20)9-16(24-17)22-14-6-2-5-13(19)8-14/h1-10H,(H2,22,23,24,25)/b21-10+. The number of hydrazone groups is 1. The van der Waals surface area contributed by atoms with Gasteiger partial charge in [-0.2, -0.15) is 15.1 Å². The van der Waals surface area contributed by atoms with E-state index in [1.165, 1.54) is 0 Å². The van der Waals surface area contributed by atoms with E-state index in [0.29, 0.717) is 15.9 Å². The summed E-state index contributed by atoms with van der Waals surface area (Å²) >= 11 is 17.9. The Balaban J connectivity index is 1.73. The molecule has 0 radical (unpaired) electrons. The van der Waals surface area contributed by atoms with E-state index < -0.39 is 0 Å². The van der Waals surface area contributed by atoms with E-state index in [2.05, 4.69) is 25.8 Å². The molecule has 5 nitrogen and oxygen atoms in total. The molecule has 0 amide bonds. The van der Waals surface area contributed by atoms with Crippen molar-refractivity contribution in [3.8, 4) is 0 Å². The fraction of sp³-hybridized carbons (Fsp3) is 0. The minimum atomic E-state index is 0.260. The molecule has 0 saturated heterocycles. The fourth-order valence-corrected chi connectivity index (χ4v) is 2.57. The van der Waals surface area contributed by atoms with E-state index in [4.69, 9.17) is 34.8 Å². The van der Waals surface area contributed by atoms with Crippen molar-refractivity contribution in [1.82, 2.24) is 9.97 Å². The molecule has 0 spiro atoms. The minimum Gasteiger partial charge on any atom is -0.340 e. The number of hydrogen-bond acceptors (Lipinski definition) is 5. The molecule has 0 unspecified atom stereocenters. The number of nitrogens with zero attached hydrogens (tertiary/aromatic N) is 3. The first-order chi connectivity index (χ1) is 12.1. The zero-order valence-electron chi connectivity index (χ0n) is 12.7. The van der Waals surface area contributed by atoms with Crippen LogP contribution in [0.25, 0.3) is 0 Å². The average Bonchev–Trinajstić information content (AvgIpc) is 2.54. The summed E-state index contributed by atoms with van der Waals surface area (Å²) in [4.78, 5) is 8.39. The van der Waals surface area contributed by atoms with Crippen molar-refractivity contribution in [1.29, 1.82) is 0 Å². The summed E-state index contributed by atoms with van der Waals surface area (Å²) in [6, 6.07) is 16.2. The second kappa shape index (κ2) is 8.16. The Labute approximate surface area is 159 Å². The second-order valence-corrected chi connectivity index (χ2v) is 6.22. The highest BCUT2D eigenvalue weighted by Gasteiger charge is 2.04. The van der Waals surface area contributed by atoms with Gasteiger partial charge in [0.15, 0.2) is 0 Å².